The molecule has 60 heavy (non-hydrogen) atoms. The molecule has 7 aromatic carbocycles. The van der Waals surface area contributed by atoms with E-state index < -0.39 is 0 Å². The molecule has 0 bridgehead atoms. The fraction of sp³-hybridized carbons (Fsp3) is 0.0741. The molecule has 286 valence electrons. The maximum atomic E-state index is 6.73. The Morgan fingerprint density at radius 1 is 0.533 bits per heavy atom. The molecule has 5 heterocycles. The van der Waals surface area contributed by atoms with Gasteiger partial charge in [-0.3, -0.25) is 4.57 Å². The number of nitrogens with zero attached hydrogens (tertiary/aromatic N) is 5. The maximum Gasteiger partial charge on any atom is 0.137 e. The number of fused-ring (bicyclic) bond motifs is 12. The second-order valence-electron chi connectivity index (χ2n) is 16.8. The number of aromatic nitrogens is 5. The maximum absolute atomic E-state index is 6.73. The van der Waals surface area contributed by atoms with Gasteiger partial charge in [0.05, 0.1) is 39.6 Å². The molecule has 0 aliphatic carbocycles. The second kappa shape index (κ2) is 12.9. The van der Waals surface area contributed by atoms with Crippen LogP contribution in [-0.2, 0) is 5.41 Å². The first-order valence-corrected chi connectivity index (χ1v) is 20.5. The Balaban J connectivity index is 1.09. The summed E-state index contributed by atoms with van der Waals surface area (Å²) in [6.07, 6.45) is 5.90. The number of ether oxygens (including phenoxy) is 1. The van der Waals surface area contributed by atoms with Crippen LogP contribution in [-0.4, -0.2) is 23.9 Å². The normalized spacial score (nSPS) is 12.2. The van der Waals surface area contributed by atoms with E-state index in [1.807, 2.05) is 59.5 Å². The second-order valence-corrected chi connectivity index (χ2v) is 16.8. The van der Waals surface area contributed by atoms with E-state index in [4.69, 9.17) is 14.8 Å². The van der Waals surface area contributed by atoms with E-state index in [1.165, 1.54) is 55.0 Å². The van der Waals surface area contributed by atoms with Crippen molar-refractivity contribution in [2.45, 2.75) is 26.2 Å². The molecule has 0 spiro atoms. The summed E-state index contributed by atoms with van der Waals surface area (Å²) in [4.78, 5) is 5.06. The highest BCUT2D eigenvalue weighted by Crippen LogP contribution is 2.51. The predicted molar refractivity (Wildman–Crippen MR) is 245 cm³/mol. The van der Waals surface area contributed by atoms with Crippen LogP contribution in [0.3, 0.4) is 0 Å². The summed E-state index contributed by atoms with van der Waals surface area (Å²) in [5.74, 6) is 2.33. The zero-order valence-corrected chi connectivity index (χ0v) is 33.5. The Morgan fingerprint density at radius 2 is 1.30 bits per heavy atom. The van der Waals surface area contributed by atoms with Gasteiger partial charge in [-0.1, -0.05) is 118 Å². The van der Waals surface area contributed by atoms with Crippen LogP contribution >= 0.6 is 0 Å². The molecular formula is C54H39N5O. The van der Waals surface area contributed by atoms with Gasteiger partial charge in [0.2, 0.25) is 0 Å². The van der Waals surface area contributed by atoms with Crippen LogP contribution in [0.1, 0.15) is 26.3 Å². The summed E-state index contributed by atoms with van der Waals surface area (Å²) >= 11 is 0. The molecule has 6 nitrogen and oxygen atoms in total. The van der Waals surface area contributed by atoms with Crippen molar-refractivity contribution in [2.75, 3.05) is 0 Å². The van der Waals surface area contributed by atoms with Crippen LogP contribution in [0.5, 0.6) is 11.5 Å². The number of hydrogen-bond acceptors (Lipinski definition) is 3. The van der Waals surface area contributed by atoms with Gasteiger partial charge in [-0.2, -0.15) is 5.10 Å². The van der Waals surface area contributed by atoms with Crippen LogP contribution in [0.25, 0.3) is 94.2 Å². The Hall–Kier alpha value is -7.70. The summed E-state index contributed by atoms with van der Waals surface area (Å²) in [5.41, 5.74) is 14.8. The smallest absolute Gasteiger partial charge is 0.137 e. The average Bonchev–Trinajstić information content (AvgIpc) is 3.97. The van der Waals surface area contributed by atoms with E-state index in [9.17, 15) is 0 Å². The lowest BCUT2D eigenvalue weighted by atomic mass is 9.88. The van der Waals surface area contributed by atoms with Gasteiger partial charge in [0.25, 0.3) is 0 Å². The molecule has 4 aromatic heterocycles. The fourth-order valence-electron chi connectivity index (χ4n) is 9.35. The standard InChI is InChI=1S/C54H39N5O/c1-54(2,3)36-27-28-55-50(29-36)58-47-25-26-48-51(42-19-8-7-17-40(42)43-20-12-21-44-41-18-9-10-22-46(41)59(48)53(43)44)52(47)45-24-23-39(31-49(45)58)60-38-16-11-15-37(30-38)57-33-35(32-56-57)34-13-5-4-6-14-34/h4-33H,1-3H3. The monoisotopic (exact) mass is 773 g/mol. The first-order chi connectivity index (χ1) is 29.4. The highest BCUT2D eigenvalue weighted by molar-refractivity contribution is 6.22. The minimum Gasteiger partial charge on any atom is -0.457 e. The van der Waals surface area contributed by atoms with E-state index in [0.717, 1.165) is 56.2 Å². The summed E-state index contributed by atoms with van der Waals surface area (Å²) in [5, 5.41) is 9.51. The number of hydrogen-bond donors (Lipinski definition) is 0. The molecule has 1 aliphatic rings. The van der Waals surface area contributed by atoms with Gasteiger partial charge in [0.15, 0.2) is 0 Å². The molecule has 0 atom stereocenters. The van der Waals surface area contributed by atoms with Crippen LogP contribution in [0.2, 0.25) is 0 Å². The third-order valence-electron chi connectivity index (χ3n) is 12.2. The third-order valence-corrected chi connectivity index (χ3v) is 12.2. The average molecular weight is 774 g/mol. The van der Waals surface area contributed by atoms with Crippen molar-refractivity contribution in [3.63, 3.8) is 0 Å². The molecule has 6 heteroatoms. The molecule has 0 fully saturated rings. The Morgan fingerprint density at radius 3 is 2.18 bits per heavy atom. The zero-order chi connectivity index (χ0) is 40.1. The highest BCUT2D eigenvalue weighted by atomic mass is 16.5. The predicted octanol–water partition coefficient (Wildman–Crippen LogP) is 13.9. The zero-order valence-electron chi connectivity index (χ0n) is 33.5. The van der Waals surface area contributed by atoms with Crippen molar-refractivity contribution in [3.8, 4) is 62.1 Å². The molecule has 1 aliphatic heterocycles. The molecule has 0 radical (unpaired) electrons. The largest absolute Gasteiger partial charge is 0.457 e. The molecule has 0 N–H and O–H groups in total. The van der Waals surface area contributed by atoms with Crippen LogP contribution < -0.4 is 4.74 Å². The van der Waals surface area contributed by atoms with Crippen molar-refractivity contribution in [3.05, 3.63) is 188 Å². The van der Waals surface area contributed by atoms with Crippen molar-refractivity contribution in [1.29, 1.82) is 0 Å². The van der Waals surface area contributed by atoms with Crippen molar-refractivity contribution in [2.24, 2.45) is 0 Å². The van der Waals surface area contributed by atoms with Crippen LogP contribution in [0.15, 0.2) is 182 Å². The van der Waals surface area contributed by atoms with E-state index in [2.05, 4.69) is 157 Å². The Bertz CT molecular complexity index is 3510. The van der Waals surface area contributed by atoms with Gasteiger partial charge in [-0.05, 0) is 82.3 Å². The first kappa shape index (κ1) is 34.4. The Labute approximate surface area is 347 Å². The Kier molecular flexibility index (Phi) is 7.39. The van der Waals surface area contributed by atoms with Gasteiger partial charge in [0, 0.05) is 62.8 Å². The van der Waals surface area contributed by atoms with Gasteiger partial charge in [0.1, 0.15) is 17.3 Å². The van der Waals surface area contributed by atoms with Gasteiger partial charge < -0.3 is 9.30 Å². The van der Waals surface area contributed by atoms with Gasteiger partial charge in [-0.15, -0.1) is 0 Å². The number of rotatable bonds is 5. The van der Waals surface area contributed by atoms with Crippen LogP contribution in [0.4, 0.5) is 0 Å². The van der Waals surface area contributed by atoms with E-state index >= 15 is 0 Å². The van der Waals surface area contributed by atoms with Crippen molar-refractivity contribution >= 4 is 43.6 Å². The summed E-state index contributed by atoms with van der Waals surface area (Å²) in [7, 11) is 0. The lowest BCUT2D eigenvalue weighted by molar-refractivity contribution is 0.483. The van der Waals surface area contributed by atoms with E-state index in [1.54, 1.807) is 0 Å². The highest BCUT2D eigenvalue weighted by Gasteiger charge is 2.28. The molecular weight excluding hydrogens is 735 g/mol. The van der Waals surface area contributed by atoms with Crippen LogP contribution in [0, 0.1) is 0 Å². The third kappa shape index (κ3) is 5.20. The van der Waals surface area contributed by atoms with E-state index in [-0.39, 0.29) is 5.41 Å². The summed E-state index contributed by atoms with van der Waals surface area (Å²) in [6, 6.07) is 58.3. The molecule has 12 rings (SSSR count). The molecule has 0 saturated carbocycles. The van der Waals surface area contributed by atoms with Crippen molar-refractivity contribution < 1.29 is 4.74 Å². The summed E-state index contributed by atoms with van der Waals surface area (Å²) in [6.45, 7) is 6.75. The molecule has 0 saturated heterocycles. The van der Waals surface area contributed by atoms with Crippen molar-refractivity contribution in [1.82, 2.24) is 23.9 Å². The quantitative estimate of drug-likeness (QED) is 0.175. The van der Waals surface area contributed by atoms with Gasteiger partial charge >= 0.3 is 0 Å². The molecule has 0 unspecified atom stereocenters. The SMILES string of the molecule is CC(C)(C)c1ccnc(-n2c3cc(Oc4cccc(-n5cc(-c6ccccc6)cn5)c4)ccc3c3c4c(ccc32)-n2c3ccccc3c3cccc(c32)-c2ccccc2-4)c1. The minimum absolute atomic E-state index is 0.0607. The lowest BCUT2D eigenvalue weighted by Crippen LogP contribution is -2.12. The number of benzene rings is 7. The topological polar surface area (TPSA) is 49.8 Å². The molecule has 0 amide bonds. The van der Waals surface area contributed by atoms with Gasteiger partial charge in [-0.25, -0.2) is 9.67 Å². The fourth-order valence-corrected chi connectivity index (χ4v) is 9.35. The number of pyridine rings is 1. The lowest BCUT2D eigenvalue weighted by Gasteiger charge is -2.20. The first-order valence-electron chi connectivity index (χ1n) is 20.5. The number of para-hydroxylation sites is 2. The summed E-state index contributed by atoms with van der Waals surface area (Å²) < 4.78 is 13.4. The molecule has 11 aromatic rings. The minimum atomic E-state index is -0.0607. The van der Waals surface area contributed by atoms with E-state index in [0.29, 0.717) is 0 Å².